The van der Waals surface area contributed by atoms with Crippen LogP contribution in [0.2, 0.25) is 10.0 Å². The molecule has 0 heterocycles. The number of hydrogen-bond acceptors (Lipinski definition) is 3. The minimum absolute atomic E-state index is 0.0920. The molecule has 0 amide bonds. The summed E-state index contributed by atoms with van der Waals surface area (Å²) in [5.41, 5.74) is 6.52. The Morgan fingerprint density at radius 3 is 2.67 bits per heavy atom. The predicted octanol–water partition coefficient (Wildman–Crippen LogP) is 2.89. The molecule has 18 heavy (non-hydrogen) atoms. The SMILES string of the molecule is CCOc1c(Cl)cc(Cl)cc1CCC(CN)CO. The summed E-state index contributed by atoms with van der Waals surface area (Å²) in [4.78, 5) is 0. The maximum absolute atomic E-state index is 9.12. The summed E-state index contributed by atoms with van der Waals surface area (Å²) >= 11 is 12.1. The fraction of sp³-hybridized carbons (Fsp3) is 0.538. The summed E-state index contributed by atoms with van der Waals surface area (Å²) in [7, 11) is 0. The van der Waals surface area contributed by atoms with Crippen molar-refractivity contribution >= 4 is 23.2 Å². The molecule has 5 heteroatoms. The molecule has 1 aromatic rings. The van der Waals surface area contributed by atoms with Crippen molar-refractivity contribution in [3.63, 3.8) is 0 Å². The van der Waals surface area contributed by atoms with Gasteiger partial charge in [-0.05, 0) is 49.9 Å². The van der Waals surface area contributed by atoms with E-state index in [4.69, 9.17) is 38.8 Å². The molecule has 102 valence electrons. The van der Waals surface area contributed by atoms with Crippen molar-refractivity contribution in [1.29, 1.82) is 0 Å². The van der Waals surface area contributed by atoms with E-state index in [-0.39, 0.29) is 12.5 Å². The number of aliphatic hydroxyl groups is 1. The molecule has 0 fully saturated rings. The van der Waals surface area contributed by atoms with Crippen molar-refractivity contribution < 1.29 is 9.84 Å². The molecule has 0 saturated carbocycles. The van der Waals surface area contributed by atoms with Crippen LogP contribution in [0.3, 0.4) is 0 Å². The monoisotopic (exact) mass is 291 g/mol. The zero-order valence-electron chi connectivity index (χ0n) is 10.5. The number of nitrogens with two attached hydrogens (primary N) is 1. The molecule has 1 atom stereocenters. The lowest BCUT2D eigenvalue weighted by Crippen LogP contribution is -2.18. The molecule has 0 aromatic heterocycles. The Hall–Kier alpha value is -0.480. The lowest BCUT2D eigenvalue weighted by molar-refractivity contribution is 0.222. The maximum Gasteiger partial charge on any atom is 0.141 e. The first kappa shape index (κ1) is 15.6. The fourth-order valence-corrected chi connectivity index (χ4v) is 2.34. The Labute approximate surface area is 118 Å². The van der Waals surface area contributed by atoms with Gasteiger partial charge in [0.25, 0.3) is 0 Å². The molecule has 3 nitrogen and oxygen atoms in total. The van der Waals surface area contributed by atoms with Gasteiger partial charge in [-0.2, -0.15) is 0 Å². The standard InChI is InChI=1S/C13H19Cl2NO2/c1-2-18-13-10(4-3-9(7-16)8-17)5-11(14)6-12(13)15/h5-6,9,17H,2-4,7-8,16H2,1H3. The number of aliphatic hydroxyl groups excluding tert-OH is 1. The Kier molecular flexibility index (Phi) is 6.79. The topological polar surface area (TPSA) is 55.5 Å². The van der Waals surface area contributed by atoms with Crippen LogP contribution >= 0.6 is 23.2 Å². The fourth-order valence-electron chi connectivity index (χ4n) is 1.75. The Morgan fingerprint density at radius 1 is 1.39 bits per heavy atom. The number of aryl methyl sites for hydroxylation is 1. The molecule has 0 aliphatic heterocycles. The predicted molar refractivity (Wildman–Crippen MR) is 75.6 cm³/mol. The molecule has 0 bridgehead atoms. The van der Waals surface area contributed by atoms with E-state index >= 15 is 0 Å². The van der Waals surface area contributed by atoms with Gasteiger partial charge >= 0.3 is 0 Å². The van der Waals surface area contributed by atoms with Crippen LogP contribution in [0.1, 0.15) is 18.9 Å². The lowest BCUT2D eigenvalue weighted by Gasteiger charge is -2.15. The number of benzene rings is 1. The van der Waals surface area contributed by atoms with Gasteiger partial charge in [-0.1, -0.05) is 23.2 Å². The van der Waals surface area contributed by atoms with Crippen molar-refractivity contribution in [2.75, 3.05) is 19.8 Å². The van der Waals surface area contributed by atoms with E-state index in [0.29, 0.717) is 28.9 Å². The molecule has 0 aliphatic rings. The lowest BCUT2D eigenvalue weighted by atomic mass is 9.99. The van der Waals surface area contributed by atoms with Gasteiger partial charge in [0, 0.05) is 11.6 Å². The molecule has 1 aromatic carbocycles. The van der Waals surface area contributed by atoms with Crippen LogP contribution in [0, 0.1) is 5.92 Å². The highest BCUT2D eigenvalue weighted by Gasteiger charge is 2.12. The van der Waals surface area contributed by atoms with E-state index in [2.05, 4.69) is 0 Å². The summed E-state index contributed by atoms with van der Waals surface area (Å²) in [6.07, 6.45) is 1.52. The second kappa shape index (κ2) is 7.85. The summed E-state index contributed by atoms with van der Waals surface area (Å²) in [6, 6.07) is 3.52. The number of hydrogen-bond donors (Lipinski definition) is 2. The van der Waals surface area contributed by atoms with Crippen molar-refractivity contribution in [2.45, 2.75) is 19.8 Å². The average molecular weight is 292 g/mol. The second-order valence-corrected chi connectivity index (χ2v) is 4.98. The van der Waals surface area contributed by atoms with Crippen LogP contribution in [0.15, 0.2) is 12.1 Å². The van der Waals surface area contributed by atoms with Crippen LogP contribution in [0.5, 0.6) is 5.75 Å². The smallest absolute Gasteiger partial charge is 0.141 e. The van der Waals surface area contributed by atoms with Gasteiger partial charge in [0.1, 0.15) is 5.75 Å². The van der Waals surface area contributed by atoms with Crippen LogP contribution < -0.4 is 10.5 Å². The highest BCUT2D eigenvalue weighted by Crippen LogP contribution is 2.33. The van der Waals surface area contributed by atoms with Crippen molar-refractivity contribution in [3.05, 3.63) is 27.7 Å². The molecule has 0 aliphatic carbocycles. The minimum atomic E-state index is 0.0920. The third-order valence-electron chi connectivity index (χ3n) is 2.79. The van der Waals surface area contributed by atoms with Gasteiger partial charge in [-0.25, -0.2) is 0 Å². The third-order valence-corrected chi connectivity index (χ3v) is 3.29. The van der Waals surface area contributed by atoms with E-state index in [1.165, 1.54) is 0 Å². The summed E-state index contributed by atoms with van der Waals surface area (Å²) in [5.74, 6) is 0.773. The normalized spacial score (nSPS) is 12.5. The van der Waals surface area contributed by atoms with Crippen LogP contribution in [0.4, 0.5) is 0 Å². The van der Waals surface area contributed by atoms with Crippen molar-refractivity contribution in [2.24, 2.45) is 11.7 Å². The maximum atomic E-state index is 9.12. The number of rotatable bonds is 7. The first-order chi connectivity index (χ1) is 8.62. The summed E-state index contributed by atoms with van der Waals surface area (Å²) in [6.45, 7) is 3.02. The second-order valence-electron chi connectivity index (χ2n) is 4.13. The molecular formula is C13H19Cl2NO2. The molecule has 0 spiro atoms. The Balaban J connectivity index is 2.85. The zero-order valence-corrected chi connectivity index (χ0v) is 12.0. The largest absolute Gasteiger partial charge is 0.492 e. The van der Waals surface area contributed by atoms with Crippen molar-refractivity contribution in [3.8, 4) is 5.75 Å². The molecule has 0 radical (unpaired) electrons. The van der Waals surface area contributed by atoms with Crippen LogP contribution in [-0.4, -0.2) is 24.9 Å². The van der Waals surface area contributed by atoms with Gasteiger partial charge in [-0.15, -0.1) is 0 Å². The number of ether oxygens (including phenoxy) is 1. The summed E-state index contributed by atoms with van der Waals surface area (Å²) in [5, 5.41) is 10.2. The highest BCUT2D eigenvalue weighted by molar-refractivity contribution is 6.35. The number of halogens is 2. The molecule has 1 unspecified atom stereocenters. The van der Waals surface area contributed by atoms with E-state index in [1.807, 2.05) is 13.0 Å². The van der Waals surface area contributed by atoms with Gasteiger partial charge < -0.3 is 15.6 Å². The molecular weight excluding hydrogens is 273 g/mol. The van der Waals surface area contributed by atoms with Gasteiger partial charge in [-0.3, -0.25) is 0 Å². The average Bonchev–Trinajstić information content (AvgIpc) is 2.34. The van der Waals surface area contributed by atoms with Crippen molar-refractivity contribution in [1.82, 2.24) is 0 Å². The summed E-state index contributed by atoms with van der Waals surface area (Å²) < 4.78 is 5.54. The molecule has 1 rings (SSSR count). The first-order valence-corrected chi connectivity index (χ1v) is 6.79. The quantitative estimate of drug-likeness (QED) is 0.812. The van der Waals surface area contributed by atoms with E-state index < -0.39 is 0 Å². The van der Waals surface area contributed by atoms with Gasteiger partial charge in [0.05, 0.1) is 11.6 Å². The third kappa shape index (κ3) is 4.32. The van der Waals surface area contributed by atoms with E-state index in [0.717, 1.165) is 18.4 Å². The van der Waals surface area contributed by atoms with Crippen LogP contribution in [0.25, 0.3) is 0 Å². The van der Waals surface area contributed by atoms with E-state index in [1.54, 1.807) is 6.07 Å². The van der Waals surface area contributed by atoms with E-state index in [9.17, 15) is 0 Å². The van der Waals surface area contributed by atoms with Gasteiger partial charge in [0.2, 0.25) is 0 Å². The molecule has 3 N–H and O–H groups in total. The zero-order chi connectivity index (χ0) is 13.5. The first-order valence-electron chi connectivity index (χ1n) is 6.04. The van der Waals surface area contributed by atoms with Crippen LogP contribution in [-0.2, 0) is 6.42 Å². The minimum Gasteiger partial charge on any atom is -0.492 e. The highest BCUT2D eigenvalue weighted by atomic mass is 35.5. The Morgan fingerprint density at radius 2 is 2.11 bits per heavy atom. The Bertz CT molecular complexity index is 381. The molecule has 0 saturated heterocycles. The van der Waals surface area contributed by atoms with Gasteiger partial charge in [0.15, 0.2) is 0 Å².